The molecule has 0 bridgehead atoms. The Morgan fingerprint density at radius 2 is 1.40 bits per heavy atom. The Hall–Kier alpha value is -1.92. The summed E-state index contributed by atoms with van der Waals surface area (Å²) in [6, 6.07) is 6.63. The van der Waals surface area contributed by atoms with E-state index >= 15 is 0 Å². The highest BCUT2D eigenvalue weighted by Crippen LogP contribution is 2.18. The fraction of sp³-hybridized carbons (Fsp3) is 0.667. The maximum atomic E-state index is 13.0. The summed E-state index contributed by atoms with van der Waals surface area (Å²) < 4.78 is 0. The lowest BCUT2D eigenvalue weighted by molar-refractivity contribution is -1.00. The Balaban J connectivity index is 1.83. The van der Waals surface area contributed by atoms with Crippen LogP contribution in [0.5, 0.6) is 0 Å². The van der Waals surface area contributed by atoms with Gasteiger partial charge < -0.3 is 20.0 Å². The molecule has 2 rings (SSSR count). The predicted molar refractivity (Wildman–Crippen MR) is 122 cm³/mol. The number of benzene rings is 1. The number of nitrogens with zero attached hydrogens (tertiary/aromatic N) is 1. The van der Waals surface area contributed by atoms with E-state index in [1.54, 1.807) is 0 Å². The molecule has 0 aliphatic carbocycles. The fourth-order valence-electron chi connectivity index (χ4n) is 4.36. The molecule has 0 spiro atoms. The van der Waals surface area contributed by atoms with E-state index in [0.29, 0.717) is 13.1 Å². The molecule has 1 fully saturated rings. The van der Waals surface area contributed by atoms with E-state index in [0.717, 1.165) is 55.8 Å². The molecule has 1 aromatic carbocycles. The highest BCUT2D eigenvalue weighted by Gasteiger charge is 2.30. The van der Waals surface area contributed by atoms with Crippen LogP contribution in [0.25, 0.3) is 0 Å². The van der Waals surface area contributed by atoms with Gasteiger partial charge in [0, 0.05) is 17.8 Å². The molecule has 0 aromatic heterocycles. The summed E-state index contributed by atoms with van der Waals surface area (Å²) in [6.45, 7) is 17.4. The van der Waals surface area contributed by atoms with Crippen LogP contribution in [0.15, 0.2) is 18.2 Å². The summed E-state index contributed by atoms with van der Waals surface area (Å²) in [6.07, 6.45) is 1.97. The number of aryl methyl sites for hydroxylation is 2. The maximum absolute atomic E-state index is 13.0. The first-order valence-corrected chi connectivity index (χ1v) is 11.6. The number of anilines is 1. The van der Waals surface area contributed by atoms with E-state index < -0.39 is 0 Å². The molecule has 1 aliphatic heterocycles. The molecule has 2 atom stereocenters. The van der Waals surface area contributed by atoms with Crippen molar-refractivity contribution < 1.29 is 19.4 Å². The van der Waals surface area contributed by atoms with Gasteiger partial charge in [0.1, 0.15) is 26.2 Å². The Morgan fingerprint density at radius 3 is 1.87 bits per heavy atom. The number of hydrogen-bond acceptors (Lipinski definition) is 2. The standard InChI is InChI=1S/C24H40N4O2/c1-7-20(5)28(21(6)8-2)23(30)17-27-14-12-26(13-15-27)16-22(29)25-24-18(3)10-9-11-19(24)4/h9-11,20-21H,7-8,12-17H2,1-6H3,(H,25,29)/p+2/t20-,21+. The van der Waals surface area contributed by atoms with Gasteiger partial charge in [0.05, 0.1) is 0 Å². The first-order valence-electron chi connectivity index (χ1n) is 11.6. The van der Waals surface area contributed by atoms with Crippen LogP contribution in [0.3, 0.4) is 0 Å². The van der Waals surface area contributed by atoms with Gasteiger partial charge in [-0.25, -0.2) is 0 Å². The molecule has 6 heteroatoms. The molecule has 168 valence electrons. The number of amides is 2. The summed E-state index contributed by atoms with van der Waals surface area (Å²) in [5.41, 5.74) is 3.13. The van der Waals surface area contributed by atoms with Crippen LogP contribution in [-0.2, 0) is 9.59 Å². The third-order valence-electron chi connectivity index (χ3n) is 6.64. The largest absolute Gasteiger partial charge is 0.332 e. The van der Waals surface area contributed by atoms with Crippen molar-refractivity contribution in [3.8, 4) is 0 Å². The van der Waals surface area contributed by atoms with Gasteiger partial charge in [0.15, 0.2) is 13.1 Å². The van der Waals surface area contributed by atoms with Gasteiger partial charge in [-0.3, -0.25) is 9.59 Å². The van der Waals surface area contributed by atoms with E-state index in [1.807, 2.05) is 32.0 Å². The zero-order valence-corrected chi connectivity index (χ0v) is 19.8. The van der Waals surface area contributed by atoms with Crippen molar-refractivity contribution in [2.75, 3.05) is 44.6 Å². The van der Waals surface area contributed by atoms with E-state index in [-0.39, 0.29) is 23.9 Å². The van der Waals surface area contributed by atoms with Crippen molar-refractivity contribution in [1.29, 1.82) is 0 Å². The van der Waals surface area contributed by atoms with Gasteiger partial charge in [0.2, 0.25) is 0 Å². The van der Waals surface area contributed by atoms with Gasteiger partial charge >= 0.3 is 0 Å². The van der Waals surface area contributed by atoms with Crippen LogP contribution in [0.2, 0.25) is 0 Å². The third-order valence-corrected chi connectivity index (χ3v) is 6.64. The zero-order chi connectivity index (χ0) is 22.3. The van der Waals surface area contributed by atoms with Gasteiger partial charge in [-0.1, -0.05) is 32.0 Å². The summed E-state index contributed by atoms with van der Waals surface area (Å²) in [7, 11) is 0. The number of nitrogens with one attached hydrogen (secondary N) is 3. The first kappa shape index (κ1) is 24.4. The van der Waals surface area contributed by atoms with E-state index in [2.05, 4.69) is 37.9 Å². The summed E-state index contributed by atoms with van der Waals surface area (Å²) in [5, 5.41) is 3.09. The van der Waals surface area contributed by atoms with Crippen molar-refractivity contribution in [3.05, 3.63) is 29.3 Å². The quantitative estimate of drug-likeness (QED) is 0.545. The smallest absolute Gasteiger partial charge is 0.279 e. The Kier molecular flexibility index (Phi) is 9.31. The lowest BCUT2D eigenvalue weighted by atomic mass is 10.1. The minimum absolute atomic E-state index is 0.0710. The molecule has 2 amide bonds. The number of carbonyl (C=O) groups excluding carboxylic acids is 2. The summed E-state index contributed by atoms with van der Waals surface area (Å²) in [4.78, 5) is 30.3. The van der Waals surface area contributed by atoms with Crippen LogP contribution in [0, 0.1) is 13.8 Å². The monoisotopic (exact) mass is 418 g/mol. The van der Waals surface area contributed by atoms with E-state index in [1.165, 1.54) is 9.80 Å². The van der Waals surface area contributed by atoms with Crippen LogP contribution in [0.1, 0.15) is 51.7 Å². The topological polar surface area (TPSA) is 58.3 Å². The van der Waals surface area contributed by atoms with E-state index in [4.69, 9.17) is 0 Å². The molecule has 3 N–H and O–H groups in total. The predicted octanol–water partition coefficient (Wildman–Crippen LogP) is 0.451. The Bertz CT molecular complexity index is 683. The maximum Gasteiger partial charge on any atom is 0.279 e. The average molecular weight is 419 g/mol. The van der Waals surface area contributed by atoms with Crippen LogP contribution < -0.4 is 15.1 Å². The first-order chi connectivity index (χ1) is 14.3. The average Bonchev–Trinajstić information content (AvgIpc) is 2.72. The van der Waals surface area contributed by atoms with Crippen LogP contribution >= 0.6 is 0 Å². The Morgan fingerprint density at radius 1 is 0.933 bits per heavy atom. The third kappa shape index (κ3) is 6.54. The van der Waals surface area contributed by atoms with Crippen molar-refractivity contribution >= 4 is 17.5 Å². The van der Waals surface area contributed by atoms with Gasteiger partial charge in [-0.15, -0.1) is 0 Å². The van der Waals surface area contributed by atoms with Gasteiger partial charge in [-0.05, 0) is 51.7 Å². The zero-order valence-electron chi connectivity index (χ0n) is 19.8. The van der Waals surface area contributed by atoms with Crippen molar-refractivity contribution in [3.63, 3.8) is 0 Å². The molecular weight excluding hydrogens is 376 g/mol. The molecule has 0 unspecified atom stereocenters. The lowest BCUT2D eigenvalue weighted by Gasteiger charge is -2.36. The molecule has 1 aromatic rings. The Labute approximate surface area is 182 Å². The van der Waals surface area contributed by atoms with Crippen LogP contribution in [-0.4, -0.2) is 68.1 Å². The van der Waals surface area contributed by atoms with Gasteiger partial charge in [-0.2, -0.15) is 0 Å². The number of hydrogen-bond donors (Lipinski definition) is 3. The highest BCUT2D eigenvalue weighted by molar-refractivity contribution is 5.93. The molecular formula is C24H42N4O2+2. The molecule has 30 heavy (non-hydrogen) atoms. The lowest BCUT2D eigenvalue weighted by Crippen LogP contribution is -3.28. The number of piperazine rings is 1. The van der Waals surface area contributed by atoms with Gasteiger partial charge in [0.25, 0.3) is 11.8 Å². The summed E-state index contributed by atoms with van der Waals surface area (Å²) >= 11 is 0. The second kappa shape index (κ2) is 11.5. The fourth-order valence-corrected chi connectivity index (χ4v) is 4.36. The van der Waals surface area contributed by atoms with Crippen molar-refractivity contribution in [2.24, 2.45) is 0 Å². The molecule has 0 radical (unpaired) electrons. The SMILES string of the molecule is CC[C@@H](C)N(C(=O)C[NH+]1CC[NH+](CC(=O)Nc2c(C)cccc2C)CC1)[C@@H](C)CC. The number of carbonyl (C=O) groups is 2. The number of quaternary nitrogens is 2. The number of rotatable bonds is 9. The second-order valence-electron chi connectivity index (χ2n) is 8.98. The van der Waals surface area contributed by atoms with Crippen molar-refractivity contribution in [2.45, 2.75) is 66.5 Å². The van der Waals surface area contributed by atoms with E-state index in [9.17, 15) is 9.59 Å². The molecule has 6 nitrogen and oxygen atoms in total. The minimum Gasteiger partial charge on any atom is -0.332 e. The molecule has 0 saturated carbocycles. The number of para-hydroxylation sites is 1. The normalized spacial score (nSPS) is 21.0. The molecule has 1 aliphatic rings. The van der Waals surface area contributed by atoms with Crippen molar-refractivity contribution in [1.82, 2.24) is 4.90 Å². The molecule has 1 heterocycles. The summed E-state index contributed by atoms with van der Waals surface area (Å²) in [5.74, 6) is 0.339. The highest BCUT2D eigenvalue weighted by atomic mass is 16.2. The second-order valence-corrected chi connectivity index (χ2v) is 8.98. The molecule has 1 saturated heterocycles. The minimum atomic E-state index is 0.0710. The van der Waals surface area contributed by atoms with Crippen LogP contribution in [0.4, 0.5) is 5.69 Å².